The molecule has 0 aromatic rings. The van der Waals surface area contributed by atoms with Crippen LogP contribution in [0.15, 0.2) is 0 Å². The summed E-state index contributed by atoms with van der Waals surface area (Å²) in [5.41, 5.74) is 0. The third-order valence-corrected chi connectivity index (χ3v) is 3.19. The Labute approximate surface area is 102 Å². The minimum absolute atomic E-state index is 0.0489. The van der Waals surface area contributed by atoms with Crippen molar-refractivity contribution in [3.8, 4) is 0 Å². The lowest BCUT2D eigenvalue weighted by atomic mass is 9.99. The number of nitrogens with one attached hydrogen (secondary N) is 1. The van der Waals surface area contributed by atoms with E-state index < -0.39 is 18.1 Å². The van der Waals surface area contributed by atoms with E-state index in [1.807, 2.05) is 13.8 Å². The van der Waals surface area contributed by atoms with Crippen LogP contribution in [0.4, 0.5) is 0 Å². The Kier molecular flexibility index (Phi) is 5.41. The molecule has 98 valence electrons. The van der Waals surface area contributed by atoms with Gasteiger partial charge in [0.15, 0.2) is 0 Å². The van der Waals surface area contributed by atoms with E-state index in [1.165, 1.54) is 7.11 Å². The average Bonchev–Trinajstić information content (AvgIpc) is 2.87. The van der Waals surface area contributed by atoms with Crippen molar-refractivity contribution in [2.75, 3.05) is 13.7 Å². The van der Waals surface area contributed by atoms with Gasteiger partial charge >= 0.3 is 5.97 Å². The number of hydrogen-bond donors (Lipinski definition) is 1. The number of esters is 1. The molecular weight excluding hydrogens is 222 g/mol. The molecule has 0 aromatic carbocycles. The zero-order valence-electron chi connectivity index (χ0n) is 10.7. The number of amides is 1. The molecule has 1 aliphatic rings. The Morgan fingerprint density at radius 3 is 2.71 bits per heavy atom. The van der Waals surface area contributed by atoms with Gasteiger partial charge in [0.1, 0.15) is 12.1 Å². The molecular formula is C12H21NO4. The van der Waals surface area contributed by atoms with Crippen molar-refractivity contribution in [3.63, 3.8) is 0 Å². The van der Waals surface area contributed by atoms with Crippen molar-refractivity contribution in [1.82, 2.24) is 5.32 Å². The first-order valence-electron chi connectivity index (χ1n) is 6.10. The standard InChI is InChI=1S/C12H21NO4/c1-4-8(2)10(12(15)16-3)13-11(14)9-6-5-7-17-9/h8-10H,4-7H2,1-3H3,(H,13,14)/t8-,9+,10+/m1/s1. The lowest BCUT2D eigenvalue weighted by Crippen LogP contribution is -2.49. The van der Waals surface area contributed by atoms with E-state index in [0.717, 1.165) is 19.3 Å². The van der Waals surface area contributed by atoms with E-state index in [0.29, 0.717) is 6.61 Å². The summed E-state index contributed by atoms with van der Waals surface area (Å²) in [4.78, 5) is 23.4. The van der Waals surface area contributed by atoms with Crippen molar-refractivity contribution in [2.24, 2.45) is 5.92 Å². The lowest BCUT2D eigenvalue weighted by Gasteiger charge is -2.23. The summed E-state index contributed by atoms with van der Waals surface area (Å²) in [5.74, 6) is -0.559. The van der Waals surface area contributed by atoms with Gasteiger partial charge in [-0.05, 0) is 18.8 Å². The van der Waals surface area contributed by atoms with E-state index in [1.54, 1.807) is 0 Å². The van der Waals surface area contributed by atoms with Gasteiger partial charge in [0, 0.05) is 6.61 Å². The van der Waals surface area contributed by atoms with Gasteiger partial charge in [-0.15, -0.1) is 0 Å². The summed E-state index contributed by atoms with van der Waals surface area (Å²) < 4.78 is 9.98. The SMILES string of the molecule is CC[C@@H](C)[C@H](NC(=O)[C@@H]1CCCO1)C(=O)OC. The smallest absolute Gasteiger partial charge is 0.328 e. The first-order valence-corrected chi connectivity index (χ1v) is 6.10. The fraction of sp³-hybridized carbons (Fsp3) is 0.833. The Morgan fingerprint density at radius 1 is 1.53 bits per heavy atom. The molecule has 1 amide bonds. The Bertz CT molecular complexity index is 274. The van der Waals surface area contributed by atoms with Crippen LogP contribution in [-0.4, -0.2) is 37.7 Å². The molecule has 1 rings (SSSR count). The van der Waals surface area contributed by atoms with E-state index in [-0.39, 0.29) is 11.8 Å². The molecule has 0 aliphatic carbocycles. The normalized spacial score (nSPS) is 22.9. The Hall–Kier alpha value is -1.10. The highest BCUT2D eigenvalue weighted by molar-refractivity contribution is 5.87. The van der Waals surface area contributed by atoms with Crippen molar-refractivity contribution < 1.29 is 19.1 Å². The van der Waals surface area contributed by atoms with Gasteiger partial charge in [-0.25, -0.2) is 4.79 Å². The maximum Gasteiger partial charge on any atom is 0.328 e. The van der Waals surface area contributed by atoms with Crippen LogP contribution >= 0.6 is 0 Å². The third kappa shape index (κ3) is 3.70. The fourth-order valence-electron chi connectivity index (χ4n) is 1.83. The number of carbonyl (C=O) groups is 2. The summed E-state index contributed by atoms with van der Waals surface area (Å²) in [5, 5.41) is 2.72. The Morgan fingerprint density at radius 2 is 2.24 bits per heavy atom. The molecule has 0 unspecified atom stereocenters. The first kappa shape index (κ1) is 14.0. The molecule has 5 nitrogen and oxygen atoms in total. The van der Waals surface area contributed by atoms with Gasteiger partial charge in [0.05, 0.1) is 7.11 Å². The Balaban J connectivity index is 2.58. The van der Waals surface area contributed by atoms with Crippen LogP contribution in [0.3, 0.4) is 0 Å². The zero-order valence-corrected chi connectivity index (χ0v) is 10.7. The molecule has 3 atom stereocenters. The largest absolute Gasteiger partial charge is 0.467 e. The number of ether oxygens (including phenoxy) is 2. The van der Waals surface area contributed by atoms with E-state index >= 15 is 0 Å². The van der Waals surface area contributed by atoms with Crippen LogP contribution in [0.2, 0.25) is 0 Å². The molecule has 5 heteroatoms. The second-order valence-electron chi connectivity index (χ2n) is 4.40. The number of carbonyl (C=O) groups excluding carboxylic acids is 2. The van der Waals surface area contributed by atoms with Crippen LogP contribution in [0.5, 0.6) is 0 Å². The van der Waals surface area contributed by atoms with Gasteiger partial charge in [0.2, 0.25) is 5.91 Å². The molecule has 1 N–H and O–H groups in total. The highest BCUT2D eigenvalue weighted by Gasteiger charge is 2.31. The number of methoxy groups -OCH3 is 1. The molecule has 1 saturated heterocycles. The summed E-state index contributed by atoms with van der Waals surface area (Å²) in [6.45, 7) is 4.50. The average molecular weight is 243 g/mol. The molecule has 1 heterocycles. The predicted molar refractivity (Wildman–Crippen MR) is 62.4 cm³/mol. The first-order chi connectivity index (χ1) is 8.10. The molecule has 0 aromatic heterocycles. The van der Waals surface area contributed by atoms with Crippen LogP contribution in [0.1, 0.15) is 33.1 Å². The van der Waals surface area contributed by atoms with Crippen molar-refractivity contribution >= 4 is 11.9 Å². The third-order valence-electron chi connectivity index (χ3n) is 3.19. The van der Waals surface area contributed by atoms with Gasteiger partial charge in [-0.3, -0.25) is 4.79 Å². The lowest BCUT2D eigenvalue weighted by molar-refractivity contribution is -0.148. The number of hydrogen-bond acceptors (Lipinski definition) is 4. The molecule has 0 saturated carbocycles. The summed E-state index contributed by atoms with van der Waals surface area (Å²) in [7, 11) is 1.33. The molecule has 1 fully saturated rings. The van der Waals surface area contributed by atoms with Crippen molar-refractivity contribution in [3.05, 3.63) is 0 Å². The molecule has 0 radical (unpaired) electrons. The minimum atomic E-state index is -0.582. The second-order valence-corrected chi connectivity index (χ2v) is 4.40. The van der Waals surface area contributed by atoms with E-state index in [2.05, 4.69) is 5.32 Å². The maximum absolute atomic E-state index is 11.9. The summed E-state index contributed by atoms with van der Waals surface area (Å²) in [6.07, 6.45) is 2.00. The molecule has 0 spiro atoms. The van der Waals surface area contributed by atoms with Crippen LogP contribution in [0, 0.1) is 5.92 Å². The van der Waals surface area contributed by atoms with Gasteiger partial charge in [-0.2, -0.15) is 0 Å². The monoisotopic (exact) mass is 243 g/mol. The van der Waals surface area contributed by atoms with E-state index in [4.69, 9.17) is 9.47 Å². The fourth-order valence-corrected chi connectivity index (χ4v) is 1.83. The highest BCUT2D eigenvalue weighted by atomic mass is 16.5. The van der Waals surface area contributed by atoms with E-state index in [9.17, 15) is 9.59 Å². The van der Waals surface area contributed by atoms with Gasteiger partial charge in [0.25, 0.3) is 0 Å². The van der Waals surface area contributed by atoms with Gasteiger partial charge in [-0.1, -0.05) is 20.3 Å². The van der Waals surface area contributed by atoms with Crippen LogP contribution in [0.25, 0.3) is 0 Å². The van der Waals surface area contributed by atoms with Gasteiger partial charge < -0.3 is 14.8 Å². The van der Waals surface area contributed by atoms with Crippen LogP contribution in [-0.2, 0) is 19.1 Å². The van der Waals surface area contributed by atoms with Crippen molar-refractivity contribution in [1.29, 1.82) is 0 Å². The van der Waals surface area contributed by atoms with Crippen LogP contribution < -0.4 is 5.32 Å². The minimum Gasteiger partial charge on any atom is -0.467 e. The highest BCUT2D eigenvalue weighted by Crippen LogP contribution is 2.14. The maximum atomic E-state index is 11.9. The molecule has 17 heavy (non-hydrogen) atoms. The zero-order chi connectivity index (χ0) is 12.8. The molecule has 0 bridgehead atoms. The quantitative estimate of drug-likeness (QED) is 0.728. The van der Waals surface area contributed by atoms with Crippen molar-refractivity contribution in [2.45, 2.75) is 45.3 Å². The summed E-state index contributed by atoms with van der Waals surface area (Å²) in [6, 6.07) is -0.582. The number of rotatable bonds is 5. The predicted octanol–water partition coefficient (Wildman–Crippen LogP) is 0.869. The molecule has 1 aliphatic heterocycles. The second kappa shape index (κ2) is 6.59. The summed E-state index contributed by atoms with van der Waals surface area (Å²) >= 11 is 0. The topological polar surface area (TPSA) is 64.6 Å².